The van der Waals surface area contributed by atoms with E-state index in [4.69, 9.17) is 26.1 Å². The molecule has 2 aromatic rings. The number of nitrogens with zero attached hydrogens (tertiary/aromatic N) is 1. The Kier molecular flexibility index (Phi) is 4.71. The van der Waals surface area contributed by atoms with Crippen molar-refractivity contribution in [1.29, 1.82) is 0 Å². The van der Waals surface area contributed by atoms with Crippen LogP contribution in [0.3, 0.4) is 0 Å². The van der Waals surface area contributed by atoms with Crippen molar-refractivity contribution in [3.8, 4) is 11.5 Å². The Bertz CT molecular complexity index is 626. The highest BCUT2D eigenvalue weighted by Crippen LogP contribution is 2.39. The first-order chi connectivity index (χ1) is 9.63. The Hall–Kier alpha value is -1.48. The molecule has 0 atom stereocenters. The van der Waals surface area contributed by atoms with Crippen molar-refractivity contribution in [3.05, 3.63) is 28.4 Å². The second-order valence-electron chi connectivity index (χ2n) is 4.50. The van der Waals surface area contributed by atoms with Crippen molar-refractivity contribution in [3.63, 3.8) is 0 Å². The molecule has 0 amide bonds. The summed E-state index contributed by atoms with van der Waals surface area (Å²) in [7, 11) is 0. The third kappa shape index (κ3) is 2.55. The van der Waals surface area contributed by atoms with Crippen molar-refractivity contribution in [2.75, 3.05) is 13.2 Å². The minimum atomic E-state index is 0.591. The second-order valence-corrected chi connectivity index (χ2v) is 4.88. The molecule has 1 heterocycles. The molecule has 0 saturated heterocycles. The topological polar surface area (TPSA) is 31.4 Å². The summed E-state index contributed by atoms with van der Waals surface area (Å²) in [6.45, 7) is 9.17. The molecule has 0 saturated carbocycles. The molecule has 20 heavy (non-hydrogen) atoms. The lowest BCUT2D eigenvalue weighted by molar-refractivity contribution is 0.336. The van der Waals surface area contributed by atoms with Crippen LogP contribution in [0.15, 0.2) is 12.1 Å². The zero-order chi connectivity index (χ0) is 14.7. The summed E-state index contributed by atoms with van der Waals surface area (Å²) in [6, 6.07) is 3.80. The Morgan fingerprint density at radius 2 is 1.65 bits per heavy atom. The molecular formula is C16H20ClNO2. The van der Waals surface area contributed by atoms with Crippen LogP contribution >= 0.6 is 11.6 Å². The average Bonchev–Trinajstić information content (AvgIpc) is 2.45. The minimum absolute atomic E-state index is 0.591. The maximum absolute atomic E-state index is 6.55. The fourth-order valence-electron chi connectivity index (χ4n) is 2.30. The monoisotopic (exact) mass is 293 g/mol. The van der Waals surface area contributed by atoms with E-state index in [1.165, 1.54) is 0 Å². The van der Waals surface area contributed by atoms with Gasteiger partial charge in [-0.05, 0) is 44.9 Å². The standard InChI is InChI=1S/C16H20ClNO2/c1-5-11-10(4)15(17)14-12(19-6-2)8-9-13(20-7-3)16(14)18-11/h8-9H,5-7H2,1-4H3. The summed E-state index contributed by atoms with van der Waals surface area (Å²) in [4.78, 5) is 4.73. The van der Waals surface area contributed by atoms with Crippen LogP contribution in [0.4, 0.5) is 0 Å². The van der Waals surface area contributed by atoms with Gasteiger partial charge in [0.2, 0.25) is 0 Å². The van der Waals surface area contributed by atoms with E-state index in [0.717, 1.165) is 40.1 Å². The molecule has 4 heteroatoms. The molecule has 0 aliphatic heterocycles. The highest BCUT2D eigenvalue weighted by molar-refractivity contribution is 6.37. The van der Waals surface area contributed by atoms with Crippen LogP contribution in [-0.2, 0) is 6.42 Å². The van der Waals surface area contributed by atoms with Gasteiger partial charge in [-0.2, -0.15) is 0 Å². The number of rotatable bonds is 5. The van der Waals surface area contributed by atoms with Gasteiger partial charge in [-0.25, -0.2) is 4.98 Å². The molecule has 0 aliphatic rings. The van der Waals surface area contributed by atoms with Crippen molar-refractivity contribution in [1.82, 2.24) is 4.98 Å². The molecular weight excluding hydrogens is 274 g/mol. The van der Waals surface area contributed by atoms with Gasteiger partial charge in [-0.3, -0.25) is 0 Å². The summed E-state index contributed by atoms with van der Waals surface area (Å²) >= 11 is 6.55. The number of halogens is 1. The molecule has 0 spiro atoms. The van der Waals surface area contributed by atoms with E-state index in [9.17, 15) is 0 Å². The van der Waals surface area contributed by atoms with Crippen LogP contribution in [0.5, 0.6) is 11.5 Å². The van der Waals surface area contributed by atoms with Crippen molar-refractivity contribution >= 4 is 22.5 Å². The van der Waals surface area contributed by atoms with E-state index in [1.807, 2.05) is 32.9 Å². The Balaban J connectivity index is 2.81. The van der Waals surface area contributed by atoms with Crippen LogP contribution in [0.2, 0.25) is 5.02 Å². The van der Waals surface area contributed by atoms with Crippen molar-refractivity contribution in [2.45, 2.75) is 34.1 Å². The van der Waals surface area contributed by atoms with Gasteiger partial charge >= 0.3 is 0 Å². The molecule has 0 unspecified atom stereocenters. The zero-order valence-electron chi connectivity index (χ0n) is 12.4. The van der Waals surface area contributed by atoms with E-state index in [1.54, 1.807) is 0 Å². The third-order valence-corrected chi connectivity index (χ3v) is 3.74. The lowest BCUT2D eigenvalue weighted by Crippen LogP contribution is -2.01. The second kappa shape index (κ2) is 6.31. The first-order valence-electron chi connectivity index (χ1n) is 7.01. The third-order valence-electron chi connectivity index (χ3n) is 3.27. The fraction of sp³-hybridized carbons (Fsp3) is 0.438. The minimum Gasteiger partial charge on any atom is -0.493 e. The lowest BCUT2D eigenvalue weighted by Gasteiger charge is -2.15. The van der Waals surface area contributed by atoms with Gasteiger partial charge in [-0.15, -0.1) is 0 Å². The first kappa shape index (κ1) is 14.9. The zero-order valence-corrected chi connectivity index (χ0v) is 13.2. The van der Waals surface area contributed by atoms with Gasteiger partial charge in [0, 0.05) is 5.69 Å². The normalized spacial score (nSPS) is 10.8. The van der Waals surface area contributed by atoms with Crippen LogP contribution in [-0.4, -0.2) is 18.2 Å². The number of pyridine rings is 1. The van der Waals surface area contributed by atoms with Gasteiger partial charge in [0.25, 0.3) is 0 Å². The fourth-order valence-corrected chi connectivity index (χ4v) is 2.59. The molecule has 0 radical (unpaired) electrons. The number of ether oxygens (including phenoxy) is 2. The molecule has 108 valence electrons. The van der Waals surface area contributed by atoms with Crippen LogP contribution < -0.4 is 9.47 Å². The summed E-state index contributed by atoms with van der Waals surface area (Å²) in [5, 5.41) is 1.55. The molecule has 3 nitrogen and oxygen atoms in total. The van der Waals surface area contributed by atoms with Crippen LogP contribution in [0.1, 0.15) is 32.0 Å². The molecule has 2 rings (SSSR count). The molecule has 0 aliphatic carbocycles. The average molecular weight is 294 g/mol. The largest absolute Gasteiger partial charge is 0.493 e. The van der Waals surface area contributed by atoms with Gasteiger partial charge in [0.1, 0.15) is 17.0 Å². The highest BCUT2D eigenvalue weighted by Gasteiger charge is 2.17. The quantitative estimate of drug-likeness (QED) is 0.810. The van der Waals surface area contributed by atoms with Gasteiger partial charge in [0.05, 0.1) is 23.6 Å². The summed E-state index contributed by atoms with van der Waals surface area (Å²) < 4.78 is 11.4. The van der Waals surface area contributed by atoms with E-state index < -0.39 is 0 Å². The van der Waals surface area contributed by atoms with Crippen molar-refractivity contribution < 1.29 is 9.47 Å². The Morgan fingerprint density at radius 3 is 2.25 bits per heavy atom. The predicted octanol–water partition coefficient (Wildman–Crippen LogP) is 4.56. The maximum atomic E-state index is 6.55. The van der Waals surface area contributed by atoms with E-state index >= 15 is 0 Å². The number of fused-ring (bicyclic) bond motifs is 1. The molecule has 1 aromatic heterocycles. The Labute approximate surface area is 124 Å². The van der Waals surface area contributed by atoms with Crippen LogP contribution in [0.25, 0.3) is 10.9 Å². The summed E-state index contributed by atoms with van der Waals surface area (Å²) in [6.07, 6.45) is 0.839. The predicted molar refractivity (Wildman–Crippen MR) is 83.2 cm³/mol. The Morgan fingerprint density at radius 1 is 1.05 bits per heavy atom. The molecule has 0 fully saturated rings. The number of aromatic nitrogens is 1. The van der Waals surface area contributed by atoms with E-state index in [0.29, 0.717) is 18.2 Å². The number of benzene rings is 1. The maximum Gasteiger partial charge on any atom is 0.145 e. The summed E-state index contributed by atoms with van der Waals surface area (Å²) in [5.41, 5.74) is 2.79. The van der Waals surface area contributed by atoms with E-state index in [-0.39, 0.29) is 0 Å². The number of hydrogen-bond donors (Lipinski definition) is 0. The van der Waals surface area contributed by atoms with Crippen molar-refractivity contribution in [2.24, 2.45) is 0 Å². The molecule has 0 N–H and O–H groups in total. The summed E-state index contributed by atoms with van der Waals surface area (Å²) in [5.74, 6) is 1.51. The SMILES string of the molecule is CCOc1ccc(OCC)c2c(Cl)c(C)c(CC)nc12. The molecule has 0 bridgehead atoms. The molecule has 1 aromatic carbocycles. The first-order valence-corrected chi connectivity index (χ1v) is 7.39. The highest BCUT2D eigenvalue weighted by atomic mass is 35.5. The smallest absolute Gasteiger partial charge is 0.145 e. The van der Waals surface area contributed by atoms with Crippen LogP contribution in [0, 0.1) is 6.92 Å². The lowest BCUT2D eigenvalue weighted by atomic mass is 10.1. The number of hydrogen-bond acceptors (Lipinski definition) is 3. The number of aryl methyl sites for hydroxylation is 1. The van der Waals surface area contributed by atoms with Gasteiger partial charge in [0.15, 0.2) is 0 Å². The van der Waals surface area contributed by atoms with Gasteiger partial charge in [-0.1, -0.05) is 18.5 Å². The van der Waals surface area contributed by atoms with Gasteiger partial charge < -0.3 is 9.47 Å². The van der Waals surface area contributed by atoms with E-state index in [2.05, 4.69) is 6.92 Å².